The van der Waals surface area contributed by atoms with E-state index in [0.717, 1.165) is 29.2 Å². The molecule has 1 atom stereocenters. The normalized spacial score (nSPS) is 15.3. The van der Waals surface area contributed by atoms with Gasteiger partial charge in [0, 0.05) is 5.56 Å². The molecule has 146 valence electrons. The first kappa shape index (κ1) is 19.4. The van der Waals surface area contributed by atoms with Crippen LogP contribution in [0.2, 0.25) is 0 Å². The van der Waals surface area contributed by atoms with Crippen LogP contribution in [0.15, 0.2) is 54.6 Å². The van der Waals surface area contributed by atoms with Crippen LogP contribution in [0.3, 0.4) is 0 Å². The van der Waals surface area contributed by atoms with Crippen molar-refractivity contribution in [1.82, 2.24) is 10.2 Å². The highest BCUT2D eigenvalue weighted by atomic mass is 19.4. The number of rotatable bonds is 5. The van der Waals surface area contributed by atoms with Gasteiger partial charge in [-0.05, 0) is 29.8 Å². The summed E-state index contributed by atoms with van der Waals surface area (Å²) in [6, 6.07) is 11.6. The summed E-state index contributed by atoms with van der Waals surface area (Å²) in [5.41, 5.74) is -0.228. The van der Waals surface area contributed by atoms with E-state index in [2.05, 4.69) is 10.1 Å². The lowest BCUT2D eigenvalue weighted by molar-refractivity contribution is -0.137. The Hall–Kier alpha value is -3.36. The summed E-state index contributed by atoms with van der Waals surface area (Å²) in [5.74, 6) is -1.17. The largest absolute Gasteiger partial charge is 0.439 e. The first-order valence-electron chi connectivity index (χ1n) is 8.26. The van der Waals surface area contributed by atoms with Crippen LogP contribution in [0.4, 0.5) is 18.0 Å². The molecule has 1 saturated heterocycles. The summed E-state index contributed by atoms with van der Waals surface area (Å²) in [4.78, 5) is 36.9. The van der Waals surface area contributed by atoms with Crippen molar-refractivity contribution in [3.8, 4) is 0 Å². The van der Waals surface area contributed by atoms with E-state index in [4.69, 9.17) is 0 Å². The number of alkyl halides is 3. The molecule has 1 N–H and O–H groups in total. The number of carbonyl (C=O) groups is 3. The molecule has 0 radical (unpaired) electrons. The topological polar surface area (TPSA) is 75.7 Å². The maximum absolute atomic E-state index is 12.7. The third-order valence-electron chi connectivity index (χ3n) is 4.19. The minimum Gasteiger partial charge on any atom is -0.439 e. The summed E-state index contributed by atoms with van der Waals surface area (Å²) in [7, 11) is 0. The van der Waals surface area contributed by atoms with Crippen molar-refractivity contribution < 1.29 is 32.3 Å². The number of cyclic esters (lactones) is 1. The first-order valence-corrected chi connectivity index (χ1v) is 8.26. The second kappa shape index (κ2) is 7.71. The molecule has 0 bridgehead atoms. The van der Waals surface area contributed by atoms with Gasteiger partial charge in [-0.3, -0.25) is 9.59 Å². The second-order valence-electron chi connectivity index (χ2n) is 6.07. The molecule has 3 amide bonds. The second-order valence-corrected chi connectivity index (χ2v) is 6.07. The van der Waals surface area contributed by atoms with Crippen molar-refractivity contribution in [3.63, 3.8) is 0 Å². The zero-order valence-electron chi connectivity index (χ0n) is 14.4. The van der Waals surface area contributed by atoms with Gasteiger partial charge in [-0.2, -0.15) is 13.2 Å². The molecule has 9 heteroatoms. The third kappa shape index (κ3) is 4.30. The average Bonchev–Trinajstić information content (AvgIpc) is 2.99. The Morgan fingerprint density at radius 2 is 1.71 bits per heavy atom. The molecule has 2 aromatic rings. The number of amides is 3. The number of nitrogens with zero attached hydrogens (tertiary/aromatic N) is 1. The molecule has 1 aliphatic rings. The summed E-state index contributed by atoms with van der Waals surface area (Å²) in [5, 5.41) is 2.65. The Bertz CT molecular complexity index is 866. The molecule has 2 aromatic carbocycles. The van der Waals surface area contributed by atoms with Crippen LogP contribution >= 0.6 is 0 Å². The van der Waals surface area contributed by atoms with E-state index in [1.54, 1.807) is 30.3 Å². The zero-order chi connectivity index (χ0) is 20.3. The van der Waals surface area contributed by atoms with E-state index in [1.165, 1.54) is 0 Å². The minimum absolute atomic E-state index is 0.0178. The van der Waals surface area contributed by atoms with Crippen molar-refractivity contribution in [2.45, 2.75) is 12.2 Å². The molecule has 0 aliphatic carbocycles. The van der Waals surface area contributed by atoms with Gasteiger partial charge in [0.2, 0.25) is 0 Å². The summed E-state index contributed by atoms with van der Waals surface area (Å²) < 4.78 is 42.7. The van der Waals surface area contributed by atoms with E-state index in [-0.39, 0.29) is 18.7 Å². The van der Waals surface area contributed by atoms with Crippen LogP contribution in [0, 0.1) is 0 Å². The standard InChI is InChI=1S/C19H15F3N2O4/c20-19(21,22)14-8-6-13(7-9-14)17(26)23-15(12-4-2-1-3-5-12)10-24-16(25)11-28-18(24)27/h1-9,15H,10-11H2,(H,23,26)/t15-/m1/s1. The number of nitrogens with one attached hydrogen (secondary N) is 1. The van der Waals surface area contributed by atoms with Crippen molar-refractivity contribution in [1.29, 1.82) is 0 Å². The van der Waals surface area contributed by atoms with E-state index >= 15 is 0 Å². The predicted molar refractivity (Wildman–Crippen MR) is 91.2 cm³/mol. The van der Waals surface area contributed by atoms with Crippen molar-refractivity contribution >= 4 is 17.9 Å². The Morgan fingerprint density at radius 1 is 1.07 bits per heavy atom. The van der Waals surface area contributed by atoms with Crippen molar-refractivity contribution in [3.05, 3.63) is 71.3 Å². The van der Waals surface area contributed by atoms with Crippen LogP contribution in [0.5, 0.6) is 0 Å². The van der Waals surface area contributed by atoms with Crippen LogP contribution in [0.25, 0.3) is 0 Å². The molecular formula is C19H15F3N2O4. The minimum atomic E-state index is -4.50. The number of benzene rings is 2. The molecule has 0 unspecified atom stereocenters. The van der Waals surface area contributed by atoms with Crippen molar-refractivity contribution in [2.24, 2.45) is 0 Å². The number of hydrogen-bond donors (Lipinski definition) is 1. The Labute approximate surface area is 157 Å². The SMILES string of the molecule is O=C(N[C@H](CN1C(=O)COC1=O)c1ccccc1)c1ccc(C(F)(F)F)cc1. The third-order valence-corrected chi connectivity index (χ3v) is 4.19. The lowest BCUT2D eigenvalue weighted by atomic mass is 10.0. The highest BCUT2D eigenvalue weighted by Crippen LogP contribution is 2.29. The summed E-state index contributed by atoms with van der Waals surface area (Å²) >= 11 is 0. The van der Waals surface area contributed by atoms with Crippen LogP contribution in [-0.4, -0.2) is 36.0 Å². The van der Waals surface area contributed by atoms with E-state index in [9.17, 15) is 27.6 Å². The van der Waals surface area contributed by atoms with E-state index in [1.807, 2.05) is 0 Å². The molecule has 6 nitrogen and oxygen atoms in total. The molecule has 0 saturated carbocycles. The van der Waals surface area contributed by atoms with Gasteiger partial charge in [-0.1, -0.05) is 30.3 Å². The number of hydrogen-bond acceptors (Lipinski definition) is 4. The Balaban J connectivity index is 1.80. The highest BCUT2D eigenvalue weighted by molar-refractivity contribution is 5.98. The van der Waals surface area contributed by atoms with E-state index < -0.39 is 35.7 Å². The van der Waals surface area contributed by atoms with Crippen LogP contribution in [-0.2, 0) is 15.7 Å². The summed E-state index contributed by atoms with van der Waals surface area (Å²) in [6.07, 6.45) is -5.31. The molecule has 0 aromatic heterocycles. The fourth-order valence-electron chi connectivity index (χ4n) is 2.71. The lowest BCUT2D eigenvalue weighted by Gasteiger charge is -2.23. The van der Waals surface area contributed by atoms with Gasteiger partial charge < -0.3 is 10.1 Å². The maximum atomic E-state index is 12.7. The van der Waals surface area contributed by atoms with Gasteiger partial charge in [-0.15, -0.1) is 0 Å². The Morgan fingerprint density at radius 3 is 2.25 bits per heavy atom. The maximum Gasteiger partial charge on any atom is 0.417 e. The molecule has 1 fully saturated rings. The van der Waals surface area contributed by atoms with Crippen molar-refractivity contribution in [2.75, 3.05) is 13.2 Å². The molecule has 3 rings (SSSR count). The van der Waals surface area contributed by atoms with Crippen LogP contribution < -0.4 is 5.32 Å². The number of ether oxygens (including phenoxy) is 1. The number of halogens is 3. The van der Waals surface area contributed by atoms with Gasteiger partial charge in [-0.25, -0.2) is 9.69 Å². The molecule has 1 aliphatic heterocycles. The fourth-order valence-corrected chi connectivity index (χ4v) is 2.71. The Kier molecular flexibility index (Phi) is 5.34. The molecule has 0 spiro atoms. The quantitative estimate of drug-likeness (QED) is 0.848. The molecule has 28 heavy (non-hydrogen) atoms. The van der Waals surface area contributed by atoms with Gasteiger partial charge in [0.25, 0.3) is 11.8 Å². The molecule has 1 heterocycles. The van der Waals surface area contributed by atoms with Crippen LogP contribution in [0.1, 0.15) is 27.5 Å². The van der Waals surface area contributed by atoms with Gasteiger partial charge >= 0.3 is 12.3 Å². The van der Waals surface area contributed by atoms with E-state index in [0.29, 0.717) is 5.56 Å². The van der Waals surface area contributed by atoms with Gasteiger partial charge in [0.15, 0.2) is 6.61 Å². The van der Waals surface area contributed by atoms with Gasteiger partial charge in [0.05, 0.1) is 18.2 Å². The summed E-state index contributed by atoms with van der Waals surface area (Å²) in [6.45, 7) is -0.527. The zero-order valence-corrected chi connectivity index (χ0v) is 14.4. The fraction of sp³-hybridized carbons (Fsp3) is 0.211. The lowest BCUT2D eigenvalue weighted by Crippen LogP contribution is -2.40. The number of imide groups is 1. The smallest absolute Gasteiger partial charge is 0.417 e. The first-order chi connectivity index (χ1) is 13.3. The number of carbonyl (C=O) groups excluding carboxylic acids is 3. The van der Waals surface area contributed by atoms with Gasteiger partial charge in [0.1, 0.15) is 0 Å². The average molecular weight is 392 g/mol. The predicted octanol–water partition coefficient (Wildman–Crippen LogP) is 3.16. The monoisotopic (exact) mass is 392 g/mol. The molecular weight excluding hydrogens is 377 g/mol. The highest BCUT2D eigenvalue weighted by Gasteiger charge is 2.34.